The molecule has 160 valence electrons. The molecule has 0 radical (unpaired) electrons. The molecule has 0 spiro atoms. The highest BCUT2D eigenvalue weighted by molar-refractivity contribution is 7.80. The summed E-state index contributed by atoms with van der Waals surface area (Å²) in [6.07, 6.45) is 3.57. The Balaban J connectivity index is 1.69. The SMILES string of the molecule is Fc1ccc(-n2cccc2[C@H]2[C@H](c3ccccn3)NC(=S)N2c2ccccc2F)cc1Cl. The predicted molar refractivity (Wildman–Crippen MR) is 125 cm³/mol. The lowest BCUT2D eigenvalue weighted by Crippen LogP contribution is -2.31. The van der Waals surface area contributed by atoms with Gasteiger partial charge in [0.2, 0.25) is 0 Å². The number of nitrogens with zero attached hydrogens (tertiary/aromatic N) is 3. The number of nitrogens with one attached hydrogen (secondary N) is 1. The molecule has 1 fully saturated rings. The van der Waals surface area contributed by atoms with Crippen LogP contribution < -0.4 is 10.2 Å². The number of benzene rings is 2. The van der Waals surface area contributed by atoms with E-state index >= 15 is 0 Å². The third-order valence-corrected chi connectivity index (χ3v) is 6.08. The molecule has 0 bridgehead atoms. The van der Waals surface area contributed by atoms with E-state index in [0.29, 0.717) is 16.5 Å². The average molecular weight is 467 g/mol. The van der Waals surface area contributed by atoms with E-state index in [1.165, 1.54) is 12.1 Å². The first-order chi connectivity index (χ1) is 15.5. The molecule has 0 saturated carbocycles. The summed E-state index contributed by atoms with van der Waals surface area (Å²) < 4.78 is 30.5. The van der Waals surface area contributed by atoms with Crippen LogP contribution in [-0.4, -0.2) is 14.7 Å². The van der Waals surface area contributed by atoms with Gasteiger partial charge in [-0.3, -0.25) is 4.98 Å². The zero-order valence-electron chi connectivity index (χ0n) is 16.6. The molecule has 0 unspecified atom stereocenters. The molecule has 32 heavy (non-hydrogen) atoms. The highest BCUT2D eigenvalue weighted by Gasteiger charge is 2.43. The third kappa shape index (κ3) is 3.53. The predicted octanol–water partition coefficient (Wildman–Crippen LogP) is 5.98. The second-order valence-corrected chi connectivity index (χ2v) is 8.14. The van der Waals surface area contributed by atoms with Gasteiger partial charge in [-0.2, -0.15) is 0 Å². The zero-order valence-corrected chi connectivity index (χ0v) is 18.2. The fourth-order valence-electron chi connectivity index (χ4n) is 4.07. The molecule has 5 rings (SSSR count). The molecule has 4 nitrogen and oxygen atoms in total. The fourth-order valence-corrected chi connectivity index (χ4v) is 4.58. The van der Waals surface area contributed by atoms with Crippen molar-refractivity contribution in [3.63, 3.8) is 0 Å². The standard InChI is InChI=1S/C24H17ClF2N4S/c25-16-14-15(10-11-17(16)26)30-13-5-9-21(30)23-22(19-7-3-4-12-28-19)29-24(32)31(23)20-8-2-1-6-18(20)27/h1-14,22-23H,(H,29,32)/t22-,23-/m0/s1. The van der Waals surface area contributed by atoms with E-state index < -0.39 is 11.9 Å². The van der Waals surface area contributed by atoms with Gasteiger partial charge in [0.15, 0.2) is 5.11 Å². The van der Waals surface area contributed by atoms with Gasteiger partial charge in [0, 0.05) is 23.8 Å². The third-order valence-electron chi connectivity index (χ3n) is 5.47. The molecule has 8 heteroatoms. The topological polar surface area (TPSA) is 33.1 Å². The number of rotatable bonds is 4. The van der Waals surface area contributed by atoms with E-state index in [0.717, 1.165) is 11.4 Å². The monoisotopic (exact) mass is 466 g/mol. The van der Waals surface area contributed by atoms with Crippen LogP contribution in [0.5, 0.6) is 0 Å². The van der Waals surface area contributed by atoms with Crippen molar-refractivity contribution in [2.45, 2.75) is 12.1 Å². The molecular formula is C24H17ClF2N4S. The molecule has 1 aliphatic rings. The quantitative estimate of drug-likeness (QED) is 0.375. The molecule has 1 saturated heterocycles. The summed E-state index contributed by atoms with van der Waals surface area (Å²) in [5, 5.41) is 3.72. The molecule has 0 amide bonds. The molecule has 2 atom stereocenters. The van der Waals surface area contributed by atoms with Gasteiger partial charge < -0.3 is 14.8 Å². The number of aromatic nitrogens is 2. The smallest absolute Gasteiger partial charge is 0.174 e. The molecule has 3 heterocycles. The fraction of sp³-hybridized carbons (Fsp3) is 0.0833. The second kappa shape index (κ2) is 8.33. The Morgan fingerprint density at radius 2 is 1.75 bits per heavy atom. The first kappa shape index (κ1) is 20.6. The second-order valence-electron chi connectivity index (χ2n) is 7.35. The molecule has 0 aliphatic carbocycles. The van der Waals surface area contributed by atoms with Gasteiger partial charge in [0.25, 0.3) is 0 Å². The van der Waals surface area contributed by atoms with Crippen LogP contribution in [0.1, 0.15) is 23.5 Å². The number of halogens is 3. The molecule has 1 N–H and O–H groups in total. The molecular weight excluding hydrogens is 450 g/mol. The van der Waals surface area contributed by atoms with Crippen molar-refractivity contribution in [2.24, 2.45) is 0 Å². The minimum absolute atomic E-state index is 0.0226. The van der Waals surface area contributed by atoms with Crippen LogP contribution in [0.4, 0.5) is 14.5 Å². The summed E-state index contributed by atoms with van der Waals surface area (Å²) >= 11 is 11.7. The maximum Gasteiger partial charge on any atom is 0.174 e. The van der Waals surface area contributed by atoms with Gasteiger partial charge in [-0.25, -0.2) is 8.78 Å². The van der Waals surface area contributed by atoms with E-state index in [1.54, 1.807) is 41.4 Å². The van der Waals surface area contributed by atoms with Crippen molar-refractivity contribution < 1.29 is 8.78 Å². The zero-order chi connectivity index (χ0) is 22.2. The first-order valence-electron chi connectivity index (χ1n) is 9.92. The van der Waals surface area contributed by atoms with E-state index in [-0.39, 0.29) is 16.9 Å². The number of hydrogen-bond donors (Lipinski definition) is 1. The summed E-state index contributed by atoms with van der Waals surface area (Å²) in [6.45, 7) is 0. The summed E-state index contributed by atoms with van der Waals surface area (Å²) in [7, 11) is 0. The lowest BCUT2D eigenvalue weighted by Gasteiger charge is -2.29. The normalized spacial score (nSPS) is 18.1. The highest BCUT2D eigenvalue weighted by Crippen LogP contribution is 2.43. The Morgan fingerprint density at radius 3 is 2.50 bits per heavy atom. The number of thiocarbonyl (C=S) groups is 1. The Bertz CT molecular complexity index is 1290. The minimum Gasteiger partial charge on any atom is -0.351 e. The van der Waals surface area contributed by atoms with Gasteiger partial charge in [-0.05, 0) is 66.8 Å². The lowest BCUT2D eigenvalue weighted by molar-refractivity contribution is 0.541. The van der Waals surface area contributed by atoms with Crippen LogP contribution in [0.15, 0.2) is 85.2 Å². The van der Waals surface area contributed by atoms with Crippen molar-refractivity contribution in [3.05, 3.63) is 113 Å². The maximum absolute atomic E-state index is 14.9. The number of anilines is 1. The number of pyridine rings is 1. The highest BCUT2D eigenvalue weighted by atomic mass is 35.5. The van der Waals surface area contributed by atoms with Gasteiger partial charge in [0.05, 0.1) is 22.4 Å². The Hall–Kier alpha value is -3.29. The first-order valence-corrected chi connectivity index (χ1v) is 10.7. The molecule has 2 aromatic heterocycles. The van der Waals surface area contributed by atoms with Gasteiger partial charge >= 0.3 is 0 Å². The van der Waals surface area contributed by atoms with E-state index in [2.05, 4.69) is 10.3 Å². The maximum atomic E-state index is 14.9. The van der Waals surface area contributed by atoms with Gasteiger partial charge in [0.1, 0.15) is 17.7 Å². The number of para-hydroxylation sites is 1. The minimum atomic E-state index is -0.493. The summed E-state index contributed by atoms with van der Waals surface area (Å²) in [5.41, 5.74) is 2.63. The summed E-state index contributed by atoms with van der Waals surface area (Å²) in [5.74, 6) is -0.876. The van der Waals surface area contributed by atoms with Crippen LogP contribution in [0.2, 0.25) is 5.02 Å². The van der Waals surface area contributed by atoms with Crippen molar-refractivity contribution in [2.75, 3.05) is 4.90 Å². The van der Waals surface area contributed by atoms with E-state index in [9.17, 15) is 8.78 Å². The van der Waals surface area contributed by atoms with Crippen molar-refractivity contribution in [1.29, 1.82) is 0 Å². The Morgan fingerprint density at radius 1 is 0.938 bits per heavy atom. The van der Waals surface area contributed by atoms with Crippen LogP contribution in [0.25, 0.3) is 5.69 Å². The van der Waals surface area contributed by atoms with E-state index in [1.807, 2.05) is 41.1 Å². The van der Waals surface area contributed by atoms with Gasteiger partial charge in [-0.15, -0.1) is 0 Å². The molecule has 1 aliphatic heterocycles. The van der Waals surface area contributed by atoms with Crippen molar-refractivity contribution in [3.8, 4) is 5.69 Å². The van der Waals surface area contributed by atoms with Crippen LogP contribution in [0, 0.1) is 11.6 Å². The van der Waals surface area contributed by atoms with Crippen molar-refractivity contribution in [1.82, 2.24) is 14.9 Å². The van der Waals surface area contributed by atoms with Crippen LogP contribution in [-0.2, 0) is 0 Å². The molecule has 2 aromatic carbocycles. The van der Waals surface area contributed by atoms with Crippen LogP contribution in [0.3, 0.4) is 0 Å². The molecule has 4 aromatic rings. The Kier molecular flexibility index (Phi) is 5.36. The Labute approximate surface area is 194 Å². The summed E-state index contributed by atoms with van der Waals surface area (Å²) in [4.78, 5) is 6.28. The number of hydrogen-bond acceptors (Lipinski definition) is 2. The van der Waals surface area contributed by atoms with Crippen LogP contribution >= 0.6 is 23.8 Å². The van der Waals surface area contributed by atoms with E-state index in [4.69, 9.17) is 23.8 Å². The van der Waals surface area contributed by atoms with Crippen molar-refractivity contribution >= 4 is 34.6 Å². The average Bonchev–Trinajstić information content (AvgIpc) is 3.41. The lowest BCUT2D eigenvalue weighted by atomic mass is 10.0. The summed E-state index contributed by atoms with van der Waals surface area (Å²) in [6, 6.07) is 19.7. The largest absolute Gasteiger partial charge is 0.351 e. The van der Waals surface area contributed by atoms with Gasteiger partial charge in [-0.1, -0.05) is 29.8 Å².